The fraction of sp³-hybridized carbons (Fsp3) is 0.185. The second-order valence-corrected chi connectivity index (χ2v) is 22.9. The van der Waals surface area contributed by atoms with Crippen LogP contribution in [0.15, 0.2) is 273 Å². The molecule has 0 radical (unpaired) electrons. The van der Waals surface area contributed by atoms with E-state index in [4.69, 9.17) is 42.6 Å². The van der Waals surface area contributed by atoms with E-state index in [0.29, 0.717) is 82.1 Å². The Hall–Kier alpha value is -10.3. The molecular weight excluding hydrogens is 1130 g/mol. The molecule has 0 bridgehead atoms. The summed E-state index contributed by atoms with van der Waals surface area (Å²) in [6.07, 6.45) is -0.962. The maximum Gasteiger partial charge on any atom is 0.162 e. The minimum Gasteiger partial charge on any atom is -0.488 e. The van der Waals surface area contributed by atoms with Gasteiger partial charge in [0, 0.05) is 24.0 Å². The van der Waals surface area contributed by atoms with Gasteiger partial charge in [-0.2, -0.15) is 0 Å². The Bertz CT molecular complexity index is 4060. The number of rotatable bonds is 23. The summed E-state index contributed by atoms with van der Waals surface area (Å²) in [7, 11) is 0. The Morgan fingerprint density at radius 3 is 0.967 bits per heavy atom. The number of fused-ring (bicyclic) bond motifs is 2. The SMILES string of the molecule is Cc1cc(OCc2ccccc2)c2c(c1)O[C@H](c1ccc(OCc3ccccc3)c(OCc3ccccc3)c1)[C@@H](O)C2.Cc1cc(OCc2ccccc2)c2c(c1)O[C@H](c1ccc(OCc3ccccc3)c(OCc3ccccc3)c1)[C@@H](OCc1ccccc1)C2. The van der Waals surface area contributed by atoms with E-state index in [9.17, 15) is 5.11 Å². The average Bonchev–Trinajstić information content (AvgIpc) is 1.07. The van der Waals surface area contributed by atoms with Gasteiger partial charge in [-0.25, -0.2) is 0 Å². The normalized spacial score (nSPS) is 15.4. The van der Waals surface area contributed by atoms with E-state index < -0.39 is 12.2 Å². The second-order valence-electron chi connectivity index (χ2n) is 22.9. The van der Waals surface area contributed by atoms with Gasteiger partial charge in [0.15, 0.2) is 29.1 Å². The Balaban J connectivity index is 0.000000178. The van der Waals surface area contributed by atoms with E-state index >= 15 is 0 Å². The molecule has 11 aromatic rings. The molecule has 0 saturated heterocycles. The molecule has 2 aliphatic rings. The molecule has 458 valence electrons. The van der Waals surface area contributed by atoms with Gasteiger partial charge in [-0.3, -0.25) is 0 Å². The highest BCUT2D eigenvalue weighted by atomic mass is 16.6. The van der Waals surface area contributed by atoms with Gasteiger partial charge in [-0.1, -0.05) is 224 Å². The molecule has 91 heavy (non-hydrogen) atoms. The minimum absolute atomic E-state index is 0.285. The summed E-state index contributed by atoms with van der Waals surface area (Å²) in [5.74, 6) is 5.67. The molecule has 0 spiro atoms. The zero-order chi connectivity index (χ0) is 62.0. The predicted molar refractivity (Wildman–Crippen MR) is 355 cm³/mol. The maximum absolute atomic E-state index is 11.3. The fourth-order valence-corrected chi connectivity index (χ4v) is 11.2. The topological polar surface area (TPSA) is 103 Å². The van der Waals surface area contributed by atoms with Crippen LogP contribution in [-0.4, -0.2) is 17.3 Å². The van der Waals surface area contributed by atoms with Crippen molar-refractivity contribution >= 4 is 0 Å². The van der Waals surface area contributed by atoms with Gasteiger partial charge >= 0.3 is 0 Å². The van der Waals surface area contributed by atoms with Gasteiger partial charge < -0.3 is 47.7 Å². The summed E-state index contributed by atoms with van der Waals surface area (Å²) in [4.78, 5) is 0. The van der Waals surface area contributed by atoms with Crippen LogP contribution in [0.25, 0.3) is 0 Å². The van der Waals surface area contributed by atoms with Crippen molar-refractivity contribution in [2.45, 2.75) is 97.4 Å². The zero-order valence-electron chi connectivity index (χ0n) is 51.3. The van der Waals surface area contributed by atoms with Crippen LogP contribution < -0.4 is 37.9 Å². The van der Waals surface area contributed by atoms with Crippen LogP contribution >= 0.6 is 0 Å². The number of aliphatic hydroxyl groups is 1. The van der Waals surface area contributed by atoms with E-state index in [1.54, 1.807) is 0 Å². The van der Waals surface area contributed by atoms with Gasteiger partial charge in [0.2, 0.25) is 0 Å². The van der Waals surface area contributed by atoms with Gasteiger partial charge in [0.1, 0.15) is 74.8 Å². The summed E-state index contributed by atoms with van der Waals surface area (Å²) in [6, 6.07) is 90.9. The number of aliphatic hydroxyl groups excluding tert-OH is 1. The highest BCUT2D eigenvalue weighted by Gasteiger charge is 2.36. The van der Waals surface area contributed by atoms with Gasteiger partial charge in [0.05, 0.1) is 12.7 Å². The van der Waals surface area contributed by atoms with E-state index in [1.165, 1.54) is 0 Å². The first-order chi connectivity index (χ1) is 44.8. The Morgan fingerprint density at radius 2 is 0.604 bits per heavy atom. The third-order valence-corrected chi connectivity index (χ3v) is 16.0. The van der Waals surface area contributed by atoms with Crippen molar-refractivity contribution in [1.82, 2.24) is 0 Å². The molecule has 1 N–H and O–H groups in total. The number of benzene rings is 11. The van der Waals surface area contributed by atoms with Gasteiger partial charge in [-0.05, 0) is 124 Å². The fourth-order valence-electron chi connectivity index (χ4n) is 11.2. The lowest BCUT2D eigenvalue weighted by Gasteiger charge is -2.35. The van der Waals surface area contributed by atoms with Crippen molar-refractivity contribution in [2.24, 2.45) is 0 Å². The van der Waals surface area contributed by atoms with Crippen LogP contribution in [0.5, 0.6) is 46.0 Å². The lowest BCUT2D eigenvalue weighted by molar-refractivity contribution is -0.0467. The van der Waals surface area contributed by atoms with Crippen molar-refractivity contribution in [3.05, 3.63) is 345 Å². The zero-order valence-corrected chi connectivity index (χ0v) is 51.3. The Kier molecular flexibility index (Phi) is 20.3. The molecule has 2 heterocycles. The molecule has 2 aliphatic heterocycles. The van der Waals surface area contributed by atoms with Crippen molar-refractivity contribution in [3.63, 3.8) is 0 Å². The Labute approximate surface area is 533 Å². The molecule has 0 aliphatic carbocycles. The van der Waals surface area contributed by atoms with E-state index in [1.807, 2.05) is 213 Å². The summed E-state index contributed by atoms with van der Waals surface area (Å²) in [5, 5.41) is 11.3. The smallest absolute Gasteiger partial charge is 0.162 e. The molecule has 11 aromatic carbocycles. The highest BCUT2D eigenvalue weighted by molar-refractivity contribution is 5.53. The lowest BCUT2D eigenvalue weighted by Crippen LogP contribution is -2.33. The molecule has 0 unspecified atom stereocenters. The highest BCUT2D eigenvalue weighted by Crippen LogP contribution is 2.46. The van der Waals surface area contributed by atoms with Gasteiger partial charge in [0.25, 0.3) is 0 Å². The third kappa shape index (κ3) is 16.5. The standard InChI is InChI=1S/C44H40O5.C37H34O5/c1-32-24-40(46-29-34-16-8-3-9-17-34)38-27-43(48-31-36-20-12-5-13-21-36)44(49-41(38)25-32)37-22-23-39(45-28-33-14-6-2-7-15-33)42(26-37)47-30-35-18-10-4-11-19-35;1-26-19-34(40-24-28-13-7-3-8-14-28)31-22-32(38)37(42-35(31)20-26)30-17-18-33(39-23-27-11-5-2-6-12-27)36(21-30)41-25-29-15-9-4-10-16-29/h2-26,43-44H,27-31H2,1H3;2-21,32,37-38H,22-25H2,1H3/t43-,44+;32-,37+/m00/s1. The summed E-state index contributed by atoms with van der Waals surface area (Å²) in [5.41, 5.74) is 13.3. The van der Waals surface area contributed by atoms with Crippen molar-refractivity contribution in [1.29, 1.82) is 0 Å². The minimum atomic E-state index is -0.766. The maximum atomic E-state index is 11.3. The van der Waals surface area contributed by atoms with Crippen LogP contribution in [-0.2, 0) is 63.8 Å². The molecule has 10 heteroatoms. The lowest BCUT2D eigenvalue weighted by atomic mass is 9.93. The second kappa shape index (κ2) is 30.3. The number of aryl methyl sites for hydroxylation is 2. The summed E-state index contributed by atoms with van der Waals surface area (Å²) >= 11 is 0. The molecular formula is C81H74O10. The van der Waals surface area contributed by atoms with Crippen LogP contribution in [0.1, 0.15) is 84.5 Å². The van der Waals surface area contributed by atoms with E-state index in [0.717, 1.165) is 95.3 Å². The van der Waals surface area contributed by atoms with Crippen LogP contribution in [0.2, 0.25) is 0 Å². The number of hydrogen-bond acceptors (Lipinski definition) is 10. The summed E-state index contributed by atoms with van der Waals surface area (Å²) < 4.78 is 57.9. The van der Waals surface area contributed by atoms with Crippen molar-refractivity contribution in [2.75, 3.05) is 0 Å². The first-order valence-electron chi connectivity index (χ1n) is 31.0. The van der Waals surface area contributed by atoms with Crippen LogP contribution in [0, 0.1) is 13.8 Å². The van der Waals surface area contributed by atoms with Gasteiger partial charge in [-0.15, -0.1) is 0 Å². The molecule has 0 aromatic heterocycles. The van der Waals surface area contributed by atoms with E-state index in [-0.39, 0.29) is 12.2 Å². The third-order valence-electron chi connectivity index (χ3n) is 16.0. The number of hydrogen-bond donors (Lipinski definition) is 1. The first-order valence-corrected chi connectivity index (χ1v) is 31.0. The molecule has 4 atom stereocenters. The van der Waals surface area contributed by atoms with E-state index in [2.05, 4.69) is 73.7 Å². The molecule has 10 nitrogen and oxygen atoms in total. The molecule has 0 fully saturated rings. The largest absolute Gasteiger partial charge is 0.488 e. The molecule has 0 amide bonds. The van der Waals surface area contributed by atoms with Crippen molar-refractivity contribution < 1.29 is 47.7 Å². The monoisotopic (exact) mass is 1210 g/mol. The predicted octanol–water partition coefficient (Wildman–Crippen LogP) is 17.8. The Morgan fingerprint density at radius 1 is 0.308 bits per heavy atom. The van der Waals surface area contributed by atoms with Crippen LogP contribution in [0.4, 0.5) is 0 Å². The molecule has 13 rings (SSSR count). The number of ether oxygens (including phenoxy) is 9. The first kappa shape index (κ1) is 61.0. The molecule has 0 saturated carbocycles. The quantitative estimate of drug-likeness (QED) is 0.0666. The van der Waals surface area contributed by atoms with Crippen LogP contribution in [0.3, 0.4) is 0 Å². The average molecular weight is 1210 g/mol. The van der Waals surface area contributed by atoms with Crippen molar-refractivity contribution in [3.8, 4) is 46.0 Å². The summed E-state index contributed by atoms with van der Waals surface area (Å²) in [6.45, 7) is 7.13.